The van der Waals surface area contributed by atoms with Crippen molar-refractivity contribution in [3.63, 3.8) is 0 Å². The molecule has 0 radical (unpaired) electrons. The van der Waals surface area contributed by atoms with Crippen LogP contribution in [0.15, 0.2) is 24.3 Å². The number of nitriles is 1. The lowest BCUT2D eigenvalue weighted by atomic mass is 9.79. The molecule has 0 saturated carbocycles. The normalized spacial score (nSPS) is 33.6. The third-order valence-electron chi connectivity index (χ3n) is 5.31. The molecule has 0 aromatic heterocycles. The number of aryl methyl sites for hydroxylation is 1. The average molecular weight is 311 g/mol. The van der Waals surface area contributed by atoms with Crippen LogP contribution >= 0.6 is 0 Å². The second-order valence-corrected chi connectivity index (χ2v) is 6.93. The number of hydrogen-bond donors (Lipinski definition) is 0. The van der Waals surface area contributed by atoms with Gasteiger partial charge in [0.05, 0.1) is 17.5 Å². The first-order valence-corrected chi connectivity index (χ1v) is 7.87. The fourth-order valence-electron chi connectivity index (χ4n) is 3.78. The maximum atomic E-state index is 12.8. The molecule has 2 unspecified atom stereocenters. The Morgan fingerprint density at radius 3 is 2.39 bits per heavy atom. The van der Waals surface area contributed by atoms with Crippen molar-refractivity contribution in [1.82, 2.24) is 9.80 Å². The van der Waals surface area contributed by atoms with Crippen molar-refractivity contribution in [3.05, 3.63) is 35.4 Å². The number of carbonyl (C=O) groups is 2. The summed E-state index contributed by atoms with van der Waals surface area (Å²) < 4.78 is 0. The highest BCUT2D eigenvalue weighted by Crippen LogP contribution is 2.51. The second-order valence-electron chi connectivity index (χ2n) is 6.93. The number of likely N-dealkylation sites (N-methyl/N-ethyl adjacent to an activating group) is 1. The standard InChI is InChI=1S/C18H21N3O2/c1-11-5-7-13(8-6-11)15-18(3,10-19)9-14-17(23)20(4)12(2)16(22)21(14)15/h5-8,12,14-15H,9H2,1-4H3/t12-,14?,15?,18-/m1/s1. The largest absolute Gasteiger partial charge is 0.332 e. The van der Waals surface area contributed by atoms with Crippen molar-refractivity contribution in [3.8, 4) is 6.07 Å². The molecule has 2 heterocycles. The molecule has 2 saturated heterocycles. The Kier molecular flexibility index (Phi) is 3.44. The van der Waals surface area contributed by atoms with Gasteiger partial charge in [-0.3, -0.25) is 9.59 Å². The third-order valence-corrected chi connectivity index (χ3v) is 5.31. The molecule has 4 atom stereocenters. The van der Waals surface area contributed by atoms with E-state index in [2.05, 4.69) is 6.07 Å². The van der Waals surface area contributed by atoms with Crippen LogP contribution in [0.5, 0.6) is 0 Å². The lowest BCUT2D eigenvalue weighted by molar-refractivity contribution is -0.159. The first-order chi connectivity index (χ1) is 10.8. The minimum absolute atomic E-state index is 0.0758. The van der Waals surface area contributed by atoms with Gasteiger partial charge in [0.2, 0.25) is 11.8 Å². The van der Waals surface area contributed by atoms with E-state index in [1.807, 2.05) is 38.1 Å². The molecule has 0 N–H and O–H groups in total. The van der Waals surface area contributed by atoms with Crippen molar-refractivity contribution in [2.45, 2.75) is 45.3 Å². The Hall–Kier alpha value is -2.35. The molecule has 5 heteroatoms. The molecule has 0 bridgehead atoms. The fraction of sp³-hybridized carbons (Fsp3) is 0.500. The smallest absolute Gasteiger partial charge is 0.246 e. The SMILES string of the molecule is Cc1ccc(C2N3C(=O)[C@@H](C)N(C)C(=O)C3C[C@]2(C)C#N)cc1. The molecule has 1 aromatic rings. The van der Waals surface area contributed by atoms with Crippen LogP contribution in [-0.4, -0.2) is 40.7 Å². The van der Waals surface area contributed by atoms with Gasteiger partial charge >= 0.3 is 0 Å². The van der Waals surface area contributed by atoms with Gasteiger partial charge in [0.1, 0.15) is 12.1 Å². The molecular weight excluding hydrogens is 290 g/mol. The summed E-state index contributed by atoms with van der Waals surface area (Å²) in [5.74, 6) is -0.158. The monoisotopic (exact) mass is 311 g/mol. The molecule has 0 aliphatic carbocycles. The van der Waals surface area contributed by atoms with E-state index < -0.39 is 17.5 Å². The van der Waals surface area contributed by atoms with Crippen molar-refractivity contribution in [1.29, 1.82) is 5.26 Å². The Morgan fingerprint density at radius 1 is 1.22 bits per heavy atom. The summed E-state index contributed by atoms with van der Waals surface area (Å²) in [6.07, 6.45) is 0.379. The Balaban J connectivity index is 2.12. The van der Waals surface area contributed by atoms with Crippen molar-refractivity contribution >= 4 is 11.8 Å². The minimum atomic E-state index is -0.768. The number of hydrogen-bond acceptors (Lipinski definition) is 3. The average Bonchev–Trinajstić information content (AvgIpc) is 2.86. The first kappa shape index (κ1) is 15.5. The van der Waals surface area contributed by atoms with Crippen LogP contribution in [-0.2, 0) is 9.59 Å². The van der Waals surface area contributed by atoms with Gasteiger partial charge in [-0.25, -0.2) is 0 Å². The second kappa shape index (κ2) is 5.09. The maximum absolute atomic E-state index is 12.8. The van der Waals surface area contributed by atoms with Crippen LogP contribution < -0.4 is 0 Å². The summed E-state index contributed by atoms with van der Waals surface area (Å²) in [4.78, 5) is 28.6. The van der Waals surface area contributed by atoms with E-state index in [9.17, 15) is 14.9 Å². The Bertz CT molecular complexity index is 706. The summed E-state index contributed by atoms with van der Waals surface area (Å²) >= 11 is 0. The van der Waals surface area contributed by atoms with Crippen LogP contribution in [0, 0.1) is 23.7 Å². The number of carbonyl (C=O) groups excluding carboxylic acids is 2. The summed E-state index contributed by atoms with van der Waals surface area (Å²) in [5, 5.41) is 9.75. The molecule has 23 heavy (non-hydrogen) atoms. The zero-order valence-corrected chi connectivity index (χ0v) is 13.9. The van der Waals surface area contributed by atoms with E-state index in [0.29, 0.717) is 6.42 Å². The molecule has 1 aromatic carbocycles. The molecule has 2 aliphatic heterocycles. The Labute approximate surface area is 136 Å². The number of fused-ring (bicyclic) bond motifs is 1. The summed E-state index contributed by atoms with van der Waals surface area (Å²) in [7, 11) is 1.66. The van der Waals surface area contributed by atoms with E-state index in [-0.39, 0.29) is 17.9 Å². The van der Waals surface area contributed by atoms with Gasteiger partial charge in [-0.2, -0.15) is 5.26 Å². The predicted molar refractivity (Wildman–Crippen MR) is 85.1 cm³/mol. The van der Waals surface area contributed by atoms with Gasteiger partial charge in [-0.1, -0.05) is 29.8 Å². The molecule has 2 fully saturated rings. The molecular formula is C18H21N3O2. The number of benzene rings is 1. The maximum Gasteiger partial charge on any atom is 0.246 e. The van der Waals surface area contributed by atoms with Crippen molar-refractivity contribution in [2.75, 3.05) is 7.05 Å². The van der Waals surface area contributed by atoms with Gasteiger partial charge in [-0.15, -0.1) is 0 Å². The topological polar surface area (TPSA) is 64.4 Å². The van der Waals surface area contributed by atoms with E-state index in [0.717, 1.165) is 11.1 Å². The number of rotatable bonds is 1. The molecule has 2 amide bonds. The van der Waals surface area contributed by atoms with E-state index in [4.69, 9.17) is 0 Å². The molecule has 0 spiro atoms. The summed E-state index contributed by atoms with van der Waals surface area (Å²) in [5.41, 5.74) is 1.27. The zero-order chi connectivity index (χ0) is 16.9. The molecule has 3 rings (SSSR count). The van der Waals surface area contributed by atoms with Crippen LogP contribution in [0.2, 0.25) is 0 Å². The van der Waals surface area contributed by atoms with Crippen LogP contribution in [0.4, 0.5) is 0 Å². The number of piperazine rings is 1. The third kappa shape index (κ3) is 2.13. The van der Waals surface area contributed by atoms with Crippen LogP contribution in [0.3, 0.4) is 0 Å². The van der Waals surface area contributed by atoms with Gasteiger partial charge in [-0.05, 0) is 32.8 Å². The Morgan fingerprint density at radius 2 is 1.83 bits per heavy atom. The van der Waals surface area contributed by atoms with Gasteiger partial charge in [0, 0.05) is 7.05 Å². The molecule has 5 nitrogen and oxygen atoms in total. The lowest BCUT2D eigenvalue weighted by Crippen LogP contribution is -2.60. The summed E-state index contributed by atoms with van der Waals surface area (Å²) in [6.45, 7) is 5.59. The summed E-state index contributed by atoms with van der Waals surface area (Å²) in [6, 6.07) is 8.82. The highest BCUT2D eigenvalue weighted by Gasteiger charge is 2.58. The van der Waals surface area contributed by atoms with Crippen molar-refractivity contribution in [2.24, 2.45) is 5.41 Å². The zero-order valence-electron chi connectivity index (χ0n) is 13.9. The highest BCUT2D eigenvalue weighted by molar-refractivity contribution is 5.97. The highest BCUT2D eigenvalue weighted by atomic mass is 16.2. The number of amides is 2. The van der Waals surface area contributed by atoms with Gasteiger partial charge in [0.25, 0.3) is 0 Å². The number of nitrogens with zero attached hydrogens (tertiary/aromatic N) is 3. The van der Waals surface area contributed by atoms with E-state index in [1.165, 1.54) is 4.90 Å². The van der Waals surface area contributed by atoms with E-state index in [1.54, 1.807) is 18.9 Å². The van der Waals surface area contributed by atoms with Gasteiger partial charge < -0.3 is 9.80 Å². The predicted octanol–water partition coefficient (Wildman–Crippen LogP) is 2.03. The van der Waals surface area contributed by atoms with Crippen LogP contribution in [0.25, 0.3) is 0 Å². The van der Waals surface area contributed by atoms with Crippen molar-refractivity contribution < 1.29 is 9.59 Å². The van der Waals surface area contributed by atoms with Gasteiger partial charge in [0.15, 0.2) is 0 Å². The lowest BCUT2D eigenvalue weighted by Gasteiger charge is -2.42. The molecule has 120 valence electrons. The quantitative estimate of drug-likeness (QED) is 0.797. The molecule has 2 aliphatic rings. The van der Waals surface area contributed by atoms with Crippen LogP contribution in [0.1, 0.15) is 37.4 Å². The fourth-order valence-corrected chi connectivity index (χ4v) is 3.78. The van der Waals surface area contributed by atoms with E-state index >= 15 is 0 Å². The first-order valence-electron chi connectivity index (χ1n) is 7.87. The minimum Gasteiger partial charge on any atom is -0.332 e.